The zero-order valence-corrected chi connectivity index (χ0v) is 15.4. The van der Waals surface area contributed by atoms with E-state index in [9.17, 15) is 0 Å². The number of furan rings is 1. The molecule has 0 radical (unpaired) electrons. The molecule has 4 nitrogen and oxygen atoms in total. The number of nitrogens with one attached hydrogen (secondary N) is 1. The maximum atomic E-state index is 5.63. The molecule has 0 bridgehead atoms. The van der Waals surface area contributed by atoms with Crippen LogP contribution < -0.4 is 5.32 Å². The van der Waals surface area contributed by atoms with Gasteiger partial charge in [0, 0.05) is 29.6 Å². The molecule has 1 N–H and O–H groups in total. The van der Waals surface area contributed by atoms with Gasteiger partial charge in [-0.25, -0.2) is 9.97 Å². The van der Waals surface area contributed by atoms with Crippen molar-refractivity contribution in [3.63, 3.8) is 0 Å². The summed E-state index contributed by atoms with van der Waals surface area (Å²) in [5.74, 6) is 1.30. The van der Waals surface area contributed by atoms with Gasteiger partial charge in [0.2, 0.25) is 0 Å². The SMILES string of the molecule is CNC1CC(C)(C)Cc2nc(-c3cc(Br)c(Br)o3)ncc21. The Balaban J connectivity index is 2.04. The van der Waals surface area contributed by atoms with Crippen LogP contribution in [0.4, 0.5) is 0 Å². The van der Waals surface area contributed by atoms with Gasteiger partial charge >= 0.3 is 0 Å². The first-order valence-corrected chi connectivity index (χ1v) is 8.46. The van der Waals surface area contributed by atoms with E-state index in [4.69, 9.17) is 9.40 Å². The van der Waals surface area contributed by atoms with E-state index < -0.39 is 0 Å². The molecule has 1 aliphatic rings. The van der Waals surface area contributed by atoms with Gasteiger partial charge in [-0.3, -0.25) is 0 Å². The monoisotopic (exact) mass is 413 g/mol. The Labute approximate surface area is 141 Å². The van der Waals surface area contributed by atoms with Crippen molar-refractivity contribution in [2.75, 3.05) is 7.05 Å². The van der Waals surface area contributed by atoms with Crippen LogP contribution in [0.5, 0.6) is 0 Å². The number of hydrogen-bond donors (Lipinski definition) is 1. The van der Waals surface area contributed by atoms with E-state index in [1.54, 1.807) is 0 Å². The summed E-state index contributed by atoms with van der Waals surface area (Å²) in [6.45, 7) is 4.56. The van der Waals surface area contributed by atoms with E-state index in [0.29, 0.717) is 22.3 Å². The second kappa shape index (κ2) is 5.48. The molecule has 21 heavy (non-hydrogen) atoms. The second-order valence-corrected chi connectivity index (χ2v) is 7.79. The van der Waals surface area contributed by atoms with Gasteiger partial charge in [-0.2, -0.15) is 0 Å². The van der Waals surface area contributed by atoms with Gasteiger partial charge in [0.05, 0.1) is 4.47 Å². The minimum atomic E-state index is 0.233. The van der Waals surface area contributed by atoms with E-state index in [2.05, 4.69) is 56.0 Å². The summed E-state index contributed by atoms with van der Waals surface area (Å²) < 4.78 is 7.15. The molecule has 1 unspecified atom stereocenters. The summed E-state index contributed by atoms with van der Waals surface area (Å²) in [5, 5.41) is 3.37. The number of halogens is 2. The highest BCUT2D eigenvalue weighted by Crippen LogP contribution is 2.40. The molecule has 2 heterocycles. The summed E-state index contributed by atoms with van der Waals surface area (Å²) in [5.41, 5.74) is 2.54. The fraction of sp³-hybridized carbons (Fsp3) is 0.467. The largest absolute Gasteiger partial charge is 0.445 e. The fourth-order valence-corrected chi connectivity index (χ4v) is 3.46. The van der Waals surface area contributed by atoms with E-state index >= 15 is 0 Å². The number of nitrogens with zero attached hydrogens (tertiary/aromatic N) is 2. The van der Waals surface area contributed by atoms with Crippen molar-refractivity contribution >= 4 is 31.9 Å². The number of fused-ring (bicyclic) bond motifs is 1. The van der Waals surface area contributed by atoms with Crippen LogP contribution in [0, 0.1) is 5.41 Å². The van der Waals surface area contributed by atoms with Crippen LogP contribution in [0.3, 0.4) is 0 Å². The van der Waals surface area contributed by atoms with Crippen LogP contribution in [0.25, 0.3) is 11.6 Å². The first-order chi connectivity index (χ1) is 9.89. The summed E-state index contributed by atoms with van der Waals surface area (Å²) in [6.07, 6.45) is 3.98. The molecule has 1 aliphatic carbocycles. The molecule has 0 saturated carbocycles. The zero-order valence-electron chi connectivity index (χ0n) is 12.2. The molecule has 0 amide bonds. The van der Waals surface area contributed by atoms with Gasteiger partial charge in [0.15, 0.2) is 16.3 Å². The molecule has 0 aromatic carbocycles. The lowest BCUT2D eigenvalue weighted by Gasteiger charge is -2.36. The summed E-state index contributed by atoms with van der Waals surface area (Å²) in [4.78, 5) is 9.22. The average molecular weight is 415 g/mol. The highest BCUT2D eigenvalue weighted by atomic mass is 79.9. The Morgan fingerprint density at radius 3 is 2.76 bits per heavy atom. The van der Waals surface area contributed by atoms with Gasteiger partial charge in [-0.15, -0.1) is 0 Å². The molecule has 3 rings (SSSR count). The van der Waals surface area contributed by atoms with Crippen molar-refractivity contribution in [1.29, 1.82) is 0 Å². The first-order valence-electron chi connectivity index (χ1n) is 6.88. The highest BCUT2D eigenvalue weighted by Gasteiger charge is 2.33. The van der Waals surface area contributed by atoms with E-state index in [-0.39, 0.29) is 5.41 Å². The molecule has 2 aromatic heterocycles. The molecular weight excluding hydrogens is 398 g/mol. The van der Waals surface area contributed by atoms with Crippen molar-refractivity contribution in [2.24, 2.45) is 5.41 Å². The normalized spacial score (nSPS) is 20.3. The molecular formula is C15H17Br2N3O. The fourth-order valence-electron chi connectivity index (χ4n) is 2.88. The van der Waals surface area contributed by atoms with Crippen LogP contribution in [-0.4, -0.2) is 17.0 Å². The lowest BCUT2D eigenvalue weighted by molar-refractivity contribution is 0.260. The molecule has 2 aromatic rings. The van der Waals surface area contributed by atoms with E-state index in [1.165, 1.54) is 5.56 Å². The smallest absolute Gasteiger partial charge is 0.195 e. The van der Waals surface area contributed by atoms with Crippen molar-refractivity contribution in [3.05, 3.63) is 32.7 Å². The van der Waals surface area contributed by atoms with E-state index in [1.807, 2.05) is 19.3 Å². The second-order valence-electron chi connectivity index (χ2n) is 6.21. The van der Waals surface area contributed by atoms with Crippen LogP contribution in [-0.2, 0) is 6.42 Å². The van der Waals surface area contributed by atoms with Crippen LogP contribution in [0.2, 0.25) is 0 Å². The van der Waals surface area contributed by atoms with Crippen molar-refractivity contribution in [1.82, 2.24) is 15.3 Å². The average Bonchev–Trinajstić information content (AvgIpc) is 2.76. The van der Waals surface area contributed by atoms with Gasteiger partial charge in [-0.05, 0) is 57.2 Å². The van der Waals surface area contributed by atoms with Gasteiger partial charge in [0.25, 0.3) is 0 Å². The first kappa shape index (κ1) is 15.2. The van der Waals surface area contributed by atoms with Crippen molar-refractivity contribution < 1.29 is 4.42 Å². The minimum absolute atomic E-state index is 0.233. The Hall–Kier alpha value is -0.720. The van der Waals surface area contributed by atoms with Crippen molar-refractivity contribution in [3.8, 4) is 11.6 Å². The highest BCUT2D eigenvalue weighted by molar-refractivity contribution is 9.13. The Morgan fingerprint density at radius 2 is 2.14 bits per heavy atom. The maximum absolute atomic E-state index is 5.63. The molecule has 112 valence electrons. The number of rotatable bonds is 2. The van der Waals surface area contributed by atoms with E-state index in [0.717, 1.165) is 23.0 Å². The van der Waals surface area contributed by atoms with Crippen LogP contribution >= 0.6 is 31.9 Å². The topological polar surface area (TPSA) is 51.0 Å². The number of aromatic nitrogens is 2. The quantitative estimate of drug-likeness (QED) is 0.786. The third kappa shape index (κ3) is 2.94. The van der Waals surface area contributed by atoms with Crippen LogP contribution in [0.15, 0.2) is 25.8 Å². The minimum Gasteiger partial charge on any atom is -0.445 e. The molecule has 0 aliphatic heterocycles. The molecule has 0 spiro atoms. The van der Waals surface area contributed by atoms with Gasteiger partial charge in [0.1, 0.15) is 0 Å². The molecule has 0 saturated heterocycles. The predicted octanol–water partition coefficient (Wildman–Crippen LogP) is 4.49. The zero-order chi connectivity index (χ0) is 15.2. The van der Waals surface area contributed by atoms with Gasteiger partial charge in [-0.1, -0.05) is 13.8 Å². The molecule has 1 atom stereocenters. The summed E-state index contributed by atoms with van der Waals surface area (Å²) >= 11 is 6.77. The van der Waals surface area contributed by atoms with Gasteiger partial charge < -0.3 is 9.73 Å². The Morgan fingerprint density at radius 1 is 1.38 bits per heavy atom. The van der Waals surface area contributed by atoms with Crippen LogP contribution in [0.1, 0.15) is 37.6 Å². The molecule has 0 fully saturated rings. The third-order valence-corrected chi connectivity index (χ3v) is 5.60. The summed E-state index contributed by atoms with van der Waals surface area (Å²) in [6, 6.07) is 2.20. The third-order valence-electron chi connectivity index (χ3n) is 3.89. The lowest BCUT2D eigenvalue weighted by atomic mass is 9.74. The maximum Gasteiger partial charge on any atom is 0.195 e. The molecule has 6 heteroatoms. The Kier molecular flexibility index (Phi) is 3.96. The summed E-state index contributed by atoms with van der Waals surface area (Å²) in [7, 11) is 1.99. The predicted molar refractivity (Wildman–Crippen MR) is 89.0 cm³/mol. The number of hydrogen-bond acceptors (Lipinski definition) is 4. The standard InChI is InChI=1S/C15H17Br2N3O/c1-15(2)5-10(18-3)8-7-19-14(20-11(8)6-15)12-4-9(16)13(17)21-12/h4,7,10,18H,5-6H2,1-3H3. The lowest BCUT2D eigenvalue weighted by Crippen LogP contribution is -2.32. The Bertz CT molecular complexity index is 662. The van der Waals surface area contributed by atoms with Crippen molar-refractivity contribution in [2.45, 2.75) is 32.7 Å².